The largest absolute Gasteiger partial charge is 0.329 e. The second-order valence-electron chi connectivity index (χ2n) is 5.34. The maximum atomic E-state index is 13.3. The van der Waals surface area contributed by atoms with Gasteiger partial charge in [0.2, 0.25) is 0 Å². The third kappa shape index (κ3) is 3.56. The van der Waals surface area contributed by atoms with Crippen LogP contribution in [0.2, 0.25) is 0 Å². The Morgan fingerprint density at radius 3 is 2.95 bits per heavy atom. The number of halogens is 2. The van der Waals surface area contributed by atoms with Crippen LogP contribution in [0.1, 0.15) is 37.8 Å². The molecule has 0 radical (unpaired) electrons. The molecule has 1 fully saturated rings. The number of likely N-dealkylation sites (tertiary alicyclic amines) is 1. The van der Waals surface area contributed by atoms with Gasteiger partial charge in [0.25, 0.3) is 0 Å². The molecule has 2 N–H and O–H groups in total. The molecule has 0 aliphatic carbocycles. The molecule has 0 aromatic heterocycles. The number of hydrogen-bond donors (Lipinski definition) is 1. The summed E-state index contributed by atoms with van der Waals surface area (Å²) in [5.41, 5.74) is 7.06. The molecular weight excluding hydrogens is 307 g/mol. The first kappa shape index (κ1) is 14.9. The lowest BCUT2D eigenvalue weighted by Crippen LogP contribution is -2.41. The average molecular weight is 329 g/mol. The molecule has 19 heavy (non-hydrogen) atoms. The molecule has 1 aliphatic rings. The Kier molecular flexibility index (Phi) is 5.37. The highest BCUT2D eigenvalue weighted by atomic mass is 79.9. The van der Waals surface area contributed by atoms with Gasteiger partial charge in [-0.05, 0) is 58.9 Å². The highest BCUT2D eigenvalue weighted by molar-refractivity contribution is 9.10. The summed E-state index contributed by atoms with van der Waals surface area (Å²) in [7, 11) is 0. The van der Waals surface area contributed by atoms with E-state index in [0.717, 1.165) is 24.6 Å². The molecule has 1 aromatic carbocycles. The highest BCUT2D eigenvalue weighted by Gasteiger charge is 2.25. The summed E-state index contributed by atoms with van der Waals surface area (Å²) in [5, 5.41) is 0. The standard InChI is InChI=1S/C15H22BrFN2/c1-2-11-4-3-7-19(10-11)15(9-18)12-5-6-14(17)13(16)8-12/h5-6,8,11,15H,2-4,7,9-10,18H2,1H3. The van der Waals surface area contributed by atoms with Crippen LogP contribution >= 0.6 is 15.9 Å². The van der Waals surface area contributed by atoms with Gasteiger partial charge in [-0.2, -0.15) is 0 Å². The molecule has 1 heterocycles. The van der Waals surface area contributed by atoms with Crippen LogP contribution in [0, 0.1) is 11.7 Å². The molecule has 2 unspecified atom stereocenters. The van der Waals surface area contributed by atoms with Crippen molar-refractivity contribution >= 4 is 15.9 Å². The topological polar surface area (TPSA) is 29.3 Å². The predicted molar refractivity (Wildman–Crippen MR) is 80.5 cm³/mol. The lowest BCUT2D eigenvalue weighted by Gasteiger charge is -2.38. The first-order valence-electron chi connectivity index (χ1n) is 7.04. The molecule has 1 aromatic rings. The van der Waals surface area contributed by atoms with Gasteiger partial charge >= 0.3 is 0 Å². The number of nitrogens with two attached hydrogens (primary N) is 1. The number of benzene rings is 1. The zero-order valence-corrected chi connectivity index (χ0v) is 13.0. The fourth-order valence-corrected chi connectivity index (χ4v) is 3.33. The molecule has 1 saturated heterocycles. The highest BCUT2D eigenvalue weighted by Crippen LogP contribution is 2.29. The SMILES string of the molecule is CCC1CCCN(C(CN)c2ccc(F)c(Br)c2)C1. The van der Waals surface area contributed by atoms with Gasteiger partial charge in [-0.3, -0.25) is 4.90 Å². The molecule has 2 rings (SSSR count). The van der Waals surface area contributed by atoms with Crippen LogP contribution in [-0.2, 0) is 0 Å². The maximum Gasteiger partial charge on any atom is 0.137 e. The van der Waals surface area contributed by atoms with E-state index in [1.165, 1.54) is 25.3 Å². The third-order valence-corrected chi connectivity index (χ3v) is 4.73. The maximum absolute atomic E-state index is 13.3. The van der Waals surface area contributed by atoms with Gasteiger partial charge in [0.05, 0.1) is 4.47 Å². The van der Waals surface area contributed by atoms with E-state index in [-0.39, 0.29) is 11.9 Å². The van der Waals surface area contributed by atoms with Crippen molar-refractivity contribution in [2.45, 2.75) is 32.2 Å². The molecule has 106 valence electrons. The van der Waals surface area contributed by atoms with Crippen molar-refractivity contribution in [1.82, 2.24) is 4.90 Å². The number of rotatable bonds is 4. The normalized spacial score (nSPS) is 22.4. The minimum atomic E-state index is -0.218. The van der Waals surface area contributed by atoms with Crippen LogP contribution in [0.25, 0.3) is 0 Å². The number of nitrogens with zero attached hydrogens (tertiary/aromatic N) is 1. The van der Waals surface area contributed by atoms with Gasteiger partial charge < -0.3 is 5.73 Å². The zero-order chi connectivity index (χ0) is 13.8. The van der Waals surface area contributed by atoms with Crippen molar-refractivity contribution in [1.29, 1.82) is 0 Å². The van der Waals surface area contributed by atoms with Crippen LogP contribution in [-0.4, -0.2) is 24.5 Å². The molecule has 0 amide bonds. The van der Waals surface area contributed by atoms with Crippen molar-refractivity contribution in [2.75, 3.05) is 19.6 Å². The lowest BCUT2D eigenvalue weighted by molar-refractivity contribution is 0.124. The summed E-state index contributed by atoms with van der Waals surface area (Å²) < 4.78 is 13.9. The zero-order valence-electron chi connectivity index (χ0n) is 11.4. The monoisotopic (exact) mass is 328 g/mol. The van der Waals surface area contributed by atoms with E-state index in [9.17, 15) is 4.39 Å². The molecule has 2 nitrogen and oxygen atoms in total. The van der Waals surface area contributed by atoms with Crippen LogP contribution in [0.15, 0.2) is 22.7 Å². The van der Waals surface area contributed by atoms with E-state index >= 15 is 0 Å². The summed E-state index contributed by atoms with van der Waals surface area (Å²) >= 11 is 3.26. The summed E-state index contributed by atoms with van der Waals surface area (Å²) in [4.78, 5) is 2.46. The second-order valence-corrected chi connectivity index (χ2v) is 6.19. The van der Waals surface area contributed by atoms with Gasteiger partial charge in [0.15, 0.2) is 0 Å². The van der Waals surface area contributed by atoms with Gasteiger partial charge in [-0.15, -0.1) is 0 Å². The van der Waals surface area contributed by atoms with Gasteiger partial charge in [0.1, 0.15) is 5.82 Å². The summed E-state index contributed by atoms with van der Waals surface area (Å²) in [6.07, 6.45) is 3.77. The van der Waals surface area contributed by atoms with E-state index in [1.807, 2.05) is 12.1 Å². The van der Waals surface area contributed by atoms with Crippen molar-refractivity contribution < 1.29 is 4.39 Å². The molecule has 0 saturated carbocycles. The van der Waals surface area contributed by atoms with E-state index in [2.05, 4.69) is 27.8 Å². The van der Waals surface area contributed by atoms with Crippen molar-refractivity contribution in [3.05, 3.63) is 34.1 Å². The summed E-state index contributed by atoms with van der Waals surface area (Å²) in [5.74, 6) is 0.552. The number of hydrogen-bond acceptors (Lipinski definition) is 2. The van der Waals surface area contributed by atoms with Gasteiger partial charge in [-0.1, -0.05) is 19.4 Å². The fraction of sp³-hybridized carbons (Fsp3) is 0.600. The van der Waals surface area contributed by atoms with Crippen LogP contribution in [0.3, 0.4) is 0 Å². The van der Waals surface area contributed by atoms with E-state index in [0.29, 0.717) is 11.0 Å². The molecule has 0 spiro atoms. The Labute approximate surface area is 123 Å². The molecule has 4 heteroatoms. The Morgan fingerprint density at radius 1 is 1.53 bits per heavy atom. The molecule has 1 aliphatic heterocycles. The third-order valence-electron chi connectivity index (χ3n) is 4.12. The summed E-state index contributed by atoms with van der Waals surface area (Å²) in [6.45, 7) is 5.02. The van der Waals surface area contributed by atoms with Gasteiger partial charge in [0, 0.05) is 19.1 Å². The lowest BCUT2D eigenvalue weighted by atomic mass is 9.93. The second kappa shape index (κ2) is 6.82. The van der Waals surface area contributed by atoms with E-state index < -0.39 is 0 Å². The van der Waals surface area contributed by atoms with Crippen LogP contribution in [0.4, 0.5) is 4.39 Å². The van der Waals surface area contributed by atoms with Crippen LogP contribution < -0.4 is 5.73 Å². The Bertz CT molecular complexity index is 425. The van der Waals surface area contributed by atoms with Crippen LogP contribution in [0.5, 0.6) is 0 Å². The average Bonchev–Trinajstić information content (AvgIpc) is 2.44. The quantitative estimate of drug-likeness (QED) is 0.912. The minimum absolute atomic E-state index is 0.200. The summed E-state index contributed by atoms with van der Waals surface area (Å²) in [6, 6.07) is 5.44. The Hall–Kier alpha value is -0.450. The Balaban J connectivity index is 2.16. The molecule has 0 bridgehead atoms. The van der Waals surface area contributed by atoms with Crippen molar-refractivity contribution in [3.63, 3.8) is 0 Å². The first-order chi connectivity index (χ1) is 9.15. The smallest absolute Gasteiger partial charge is 0.137 e. The molecule has 2 atom stereocenters. The molecular formula is C15H22BrFN2. The van der Waals surface area contributed by atoms with Gasteiger partial charge in [-0.25, -0.2) is 4.39 Å². The van der Waals surface area contributed by atoms with E-state index in [4.69, 9.17) is 5.73 Å². The minimum Gasteiger partial charge on any atom is -0.329 e. The van der Waals surface area contributed by atoms with Crippen molar-refractivity contribution in [3.8, 4) is 0 Å². The first-order valence-corrected chi connectivity index (χ1v) is 7.84. The van der Waals surface area contributed by atoms with E-state index in [1.54, 1.807) is 0 Å². The fourth-order valence-electron chi connectivity index (χ4n) is 2.93. The predicted octanol–water partition coefficient (Wildman–Crippen LogP) is 3.71. The number of piperidine rings is 1. The Morgan fingerprint density at radius 2 is 2.32 bits per heavy atom. The van der Waals surface area contributed by atoms with Crippen molar-refractivity contribution in [2.24, 2.45) is 11.7 Å².